The van der Waals surface area contributed by atoms with Gasteiger partial charge in [0.2, 0.25) is 15.5 Å². The lowest BCUT2D eigenvalue weighted by atomic mass is 9.92. The Labute approximate surface area is 227 Å². The number of benzene rings is 2. The standard InChI is InChI=1S/C28H25FN2O6S2/c1-37-27-24(17(14-5-6-14)11-19-25(27)30-13-20(26(19)32)28(33)34)23-12-18-21(3-2-4-22(18)38-23)31-39(35,36)16-9-7-15(29)8-10-16/h7-14,21,31H,2-6H2,1H3,(H,30,32)(H,33,34). The summed E-state index contributed by atoms with van der Waals surface area (Å²) in [5.41, 5.74) is 2.18. The Hall–Kier alpha value is -3.54. The largest absolute Gasteiger partial charge is 0.494 e. The SMILES string of the molecule is COc1c(-c2cc3c(s2)CCCC3NS(=O)(=O)c2ccc(F)cc2)c(C2CC2)cc2c(=O)c(C(=O)O)c[nH]c12. The van der Waals surface area contributed by atoms with Gasteiger partial charge in [-0.25, -0.2) is 22.3 Å². The lowest BCUT2D eigenvalue weighted by Crippen LogP contribution is -2.30. The third-order valence-electron chi connectivity index (χ3n) is 7.40. The maximum Gasteiger partial charge on any atom is 0.341 e. The summed E-state index contributed by atoms with van der Waals surface area (Å²) < 4.78 is 48.2. The van der Waals surface area contributed by atoms with Gasteiger partial charge in [0.15, 0.2) is 5.75 Å². The third-order valence-corrected chi connectivity index (χ3v) is 10.1. The van der Waals surface area contributed by atoms with Crippen molar-refractivity contribution in [2.24, 2.45) is 0 Å². The maximum atomic E-state index is 13.4. The summed E-state index contributed by atoms with van der Waals surface area (Å²) in [6, 6.07) is 8.08. The van der Waals surface area contributed by atoms with Crippen LogP contribution < -0.4 is 14.9 Å². The van der Waals surface area contributed by atoms with Crippen LogP contribution >= 0.6 is 11.3 Å². The number of fused-ring (bicyclic) bond motifs is 2. The van der Waals surface area contributed by atoms with Crippen LogP contribution in [0.1, 0.15) is 64.0 Å². The van der Waals surface area contributed by atoms with Crippen LogP contribution in [0.25, 0.3) is 21.3 Å². The summed E-state index contributed by atoms with van der Waals surface area (Å²) in [7, 11) is -2.35. The van der Waals surface area contributed by atoms with Gasteiger partial charge in [-0.3, -0.25) is 4.79 Å². The number of hydrogen-bond donors (Lipinski definition) is 3. The molecule has 8 nitrogen and oxygen atoms in total. The van der Waals surface area contributed by atoms with E-state index in [1.165, 1.54) is 25.4 Å². The molecule has 2 heterocycles. The lowest BCUT2D eigenvalue weighted by Gasteiger charge is -2.23. The van der Waals surface area contributed by atoms with Crippen LogP contribution in [0.3, 0.4) is 0 Å². The molecule has 6 rings (SSSR count). The van der Waals surface area contributed by atoms with Crippen molar-refractivity contribution in [3.8, 4) is 16.2 Å². The molecule has 0 aliphatic heterocycles. The van der Waals surface area contributed by atoms with E-state index in [0.717, 1.165) is 64.3 Å². The van der Waals surface area contributed by atoms with Gasteiger partial charge in [-0.2, -0.15) is 0 Å². The van der Waals surface area contributed by atoms with Crippen molar-refractivity contribution in [3.63, 3.8) is 0 Å². The molecule has 202 valence electrons. The van der Waals surface area contributed by atoms with Crippen molar-refractivity contribution in [2.45, 2.75) is 49.0 Å². The number of halogens is 1. The second-order valence-corrected chi connectivity index (χ2v) is 12.8. The predicted octanol–water partition coefficient (Wildman–Crippen LogP) is 5.34. The van der Waals surface area contributed by atoms with E-state index in [0.29, 0.717) is 17.7 Å². The van der Waals surface area contributed by atoms with Crippen molar-refractivity contribution in [1.82, 2.24) is 9.71 Å². The van der Waals surface area contributed by atoms with E-state index in [2.05, 4.69) is 9.71 Å². The van der Waals surface area contributed by atoms with Crippen LogP contribution in [-0.2, 0) is 16.4 Å². The minimum Gasteiger partial charge on any atom is -0.494 e. The Morgan fingerprint density at radius 2 is 1.90 bits per heavy atom. The molecule has 2 aliphatic carbocycles. The number of carboxylic acid groups (broad SMARTS) is 1. The number of nitrogens with one attached hydrogen (secondary N) is 2. The minimum atomic E-state index is -3.87. The van der Waals surface area contributed by atoms with Gasteiger partial charge in [-0.1, -0.05) is 0 Å². The quantitative estimate of drug-likeness (QED) is 0.277. The normalized spacial score (nSPS) is 17.2. The Morgan fingerprint density at radius 1 is 1.15 bits per heavy atom. The highest BCUT2D eigenvalue weighted by atomic mass is 32.2. The van der Waals surface area contributed by atoms with Crippen LogP contribution in [0, 0.1) is 5.82 Å². The molecule has 0 radical (unpaired) electrons. The van der Waals surface area contributed by atoms with Crippen LogP contribution in [-0.4, -0.2) is 31.6 Å². The lowest BCUT2D eigenvalue weighted by molar-refractivity contribution is 0.0695. The van der Waals surface area contributed by atoms with E-state index in [1.807, 2.05) is 6.07 Å². The smallest absolute Gasteiger partial charge is 0.341 e. The van der Waals surface area contributed by atoms with E-state index in [4.69, 9.17) is 4.74 Å². The summed E-state index contributed by atoms with van der Waals surface area (Å²) in [5.74, 6) is -1.12. The number of carbonyl (C=O) groups is 1. The van der Waals surface area contributed by atoms with Crippen LogP contribution in [0.2, 0.25) is 0 Å². The van der Waals surface area contributed by atoms with Gasteiger partial charge in [0.25, 0.3) is 0 Å². The maximum absolute atomic E-state index is 13.4. The van der Waals surface area contributed by atoms with Gasteiger partial charge in [-0.15, -0.1) is 11.3 Å². The summed E-state index contributed by atoms with van der Waals surface area (Å²) >= 11 is 1.58. The number of hydrogen-bond acceptors (Lipinski definition) is 6. The van der Waals surface area contributed by atoms with Gasteiger partial charge in [0.05, 0.1) is 22.9 Å². The minimum absolute atomic E-state index is 0.00313. The van der Waals surface area contributed by atoms with Gasteiger partial charge in [-0.05, 0) is 85.5 Å². The number of pyridine rings is 1. The molecular formula is C28H25FN2O6S2. The number of thiophene rings is 1. The Bertz CT molecular complexity index is 1790. The monoisotopic (exact) mass is 568 g/mol. The first kappa shape index (κ1) is 25.7. The average Bonchev–Trinajstić information content (AvgIpc) is 3.66. The van der Waals surface area contributed by atoms with Crippen molar-refractivity contribution in [2.75, 3.05) is 7.11 Å². The highest BCUT2D eigenvalue weighted by Crippen LogP contribution is 2.52. The highest BCUT2D eigenvalue weighted by molar-refractivity contribution is 7.89. The summed E-state index contributed by atoms with van der Waals surface area (Å²) in [5, 5.41) is 9.71. The van der Waals surface area contributed by atoms with E-state index in [9.17, 15) is 27.5 Å². The zero-order valence-corrected chi connectivity index (χ0v) is 22.5. The molecule has 1 atom stereocenters. The molecule has 39 heavy (non-hydrogen) atoms. The first-order valence-electron chi connectivity index (χ1n) is 12.6. The average molecular weight is 569 g/mol. The molecule has 3 N–H and O–H groups in total. The zero-order chi connectivity index (χ0) is 27.5. The number of aromatic nitrogens is 1. The number of ether oxygens (including phenoxy) is 1. The third kappa shape index (κ3) is 4.54. The van der Waals surface area contributed by atoms with E-state index in [1.54, 1.807) is 17.4 Å². The molecule has 1 saturated carbocycles. The molecular weight excluding hydrogens is 543 g/mol. The van der Waals surface area contributed by atoms with Crippen LogP contribution in [0.5, 0.6) is 5.75 Å². The fraction of sp³-hybridized carbons (Fsp3) is 0.286. The summed E-state index contributed by atoms with van der Waals surface area (Å²) in [6.07, 6.45) is 5.32. The Balaban J connectivity index is 1.46. The number of H-pyrrole nitrogens is 1. The van der Waals surface area contributed by atoms with Gasteiger partial charge in [0, 0.05) is 27.6 Å². The second-order valence-electron chi connectivity index (χ2n) is 9.92. The topological polar surface area (TPSA) is 126 Å². The molecule has 0 bridgehead atoms. The molecule has 1 unspecified atom stereocenters. The first-order chi connectivity index (χ1) is 18.7. The predicted molar refractivity (Wildman–Crippen MR) is 146 cm³/mol. The van der Waals surface area contributed by atoms with Crippen molar-refractivity contribution in [3.05, 3.63) is 80.2 Å². The fourth-order valence-corrected chi connectivity index (χ4v) is 7.94. The zero-order valence-electron chi connectivity index (χ0n) is 20.9. The van der Waals surface area contributed by atoms with Crippen LogP contribution in [0.15, 0.2) is 52.3 Å². The van der Waals surface area contributed by atoms with Crippen molar-refractivity contribution >= 4 is 38.2 Å². The molecule has 1 fully saturated rings. The number of aromatic amines is 1. The molecule has 11 heteroatoms. The molecule has 0 saturated heterocycles. The van der Waals surface area contributed by atoms with Gasteiger partial charge >= 0.3 is 5.97 Å². The molecule has 2 aromatic carbocycles. The number of aromatic carboxylic acids is 1. The molecule has 4 aromatic rings. The van der Waals surface area contributed by atoms with Crippen molar-refractivity contribution < 1.29 is 27.4 Å². The van der Waals surface area contributed by atoms with Gasteiger partial charge in [0.1, 0.15) is 11.4 Å². The van der Waals surface area contributed by atoms with E-state index >= 15 is 0 Å². The number of rotatable bonds is 7. The Morgan fingerprint density at radius 3 is 2.56 bits per heavy atom. The molecule has 0 amide bonds. The fourth-order valence-electron chi connectivity index (χ4n) is 5.36. The van der Waals surface area contributed by atoms with Crippen molar-refractivity contribution in [1.29, 1.82) is 0 Å². The van der Waals surface area contributed by atoms with Crippen LogP contribution in [0.4, 0.5) is 4.39 Å². The van der Waals surface area contributed by atoms with E-state index in [-0.39, 0.29) is 21.8 Å². The van der Waals surface area contributed by atoms with E-state index < -0.39 is 33.3 Å². The summed E-state index contributed by atoms with van der Waals surface area (Å²) in [6.45, 7) is 0. The highest BCUT2D eigenvalue weighted by Gasteiger charge is 2.33. The number of aryl methyl sites for hydroxylation is 1. The molecule has 2 aromatic heterocycles. The summed E-state index contributed by atoms with van der Waals surface area (Å²) in [4.78, 5) is 29.5. The number of sulfonamides is 1. The first-order valence-corrected chi connectivity index (χ1v) is 14.9. The molecule has 0 spiro atoms. The van der Waals surface area contributed by atoms with Gasteiger partial charge < -0.3 is 14.8 Å². The molecule has 2 aliphatic rings. The Kier molecular flexibility index (Phi) is 6.32. The number of carboxylic acids is 1. The number of methoxy groups -OCH3 is 1. The second kappa shape index (κ2) is 9.58.